The van der Waals surface area contributed by atoms with Crippen molar-refractivity contribution in [3.63, 3.8) is 0 Å². The van der Waals surface area contributed by atoms with Gasteiger partial charge in [0.25, 0.3) is 0 Å². The minimum Gasteiger partial charge on any atom is -0.354 e. The quantitative estimate of drug-likeness (QED) is 0.0749. The van der Waals surface area contributed by atoms with Crippen LogP contribution < -0.4 is 31.1 Å². The zero-order valence-corrected chi connectivity index (χ0v) is 35.4. The van der Waals surface area contributed by atoms with Gasteiger partial charge in [-0.1, -0.05) is 87.4 Å². The normalized spacial score (nSPS) is 12.5. The van der Waals surface area contributed by atoms with E-state index < -0.39 is 23.1 Å². The second kappa shape index (κ2) is 17.2. The molecule has 2 heterocycles. The topological polar surface area (TPSA) is 200 Å². The summed E-state index contributed by atoms with van der Waals surface area (Å²) >= 11 is 0. The predicted molar refractivity (Wildman–Crippen MR) is 240 cm³/mol. The Morgan fingerprint density at radius 3 is 1.10 bits per heavy atom. The van der Waals surface area contributed by atoms with Crippen LogP contribution >= 0.6 is 0 Å². The highest BCUT2D eigenvalue weighted by molar-refractivity contribution is 6.35. The summed E-state index contributed by atoms with van der Waals surface area (Å²) in [7, 11) is 7.24. The second-order valence-corrected chi connectivity index (χ2v) is 15.4. The molecule has 0 saturated heterocycles. The fraction of sp³-hybridized carbons (Fsp3) is 0.261. The van der Waals surface area contributed by atoms with E-state index >= 15 is 0 Å². The lowest BCUT2D eigenvalue weighted by Crippen LogP contribution is -2.25. The third kappa shape index (κ3) is 7.66. The van der Waals surface area contributed by atoms with Gasteiger partial charge in [-0.25, -0.2) is 0 Å². The average molecular weight is 831 g/mol. The van der Waals surface area contributed by atoms with E-state index in [9.17, 15) is 19.2 Å². The third-order valence-electron chi connectivity index (χ3n) is 10.6. The largest absolute Gasteiger partial charge is 0.354 e. The maximum Gasteiger partial charge on any atom is 0.233 e. The first kappa shape index (κ1) is 41.1. The van der Waals surface area contributed by atoms with Crippen molar-refractivity contribution in [3.05, 3.63) is 117 Å². The standard InChI is InChI=1S/C46H46N12O4/c1-7-9-23-47-41-51-43(55-45(53-41)57(3)4)49-31-21-19-25(33-35(31)39(61)29-17-13-11-15-27(29)37(33)59)26-20-22-32(36-34(26)38(60)28-16-12-14-18-30(28)40(36)62)50-44-52-42(48-24-10-8-2)54-46(56-44)58(5)6/h11-22H,7-10,23-24H2,1-6H3,(H2,47,49,51,53,55)(H2,48,50,52,54,56). The Balaban J connectivity index is 1.31. The minimum absolute atomic E-state index is 0.0692. The number of hydrogen-bond donors (Lipinski definition) is 4. The Bertz CT molecular complexity index is 2600. The molecule has 2 aliphatic carbocycles. The van der Waals surface area contributed by atoms with Gasteiger partial charge in [-0.2, -0.15) is 29.9 Å². The molecule has 0 radical (unpaired) electrons. The maximum absolute atomic E-state index is 14.8. The number of fused-ring (bicyclic) bond motifs is 4. The molecule has 2 aliphatic rings. The van der Waals surface area contributed by atoms with Crippen LogP contribution in [-0.4, -0.2) is 94.3 Å². The first-order chi connectivity index (χ1) is 30.0. The first-order valence-corrected chi connectivity index (χ1v) is 20.6. The first-order valence-electron chi connectivity index (χ1n) is 20.6. The van der Waals surface area contributed by atoms with Crippen molar-refractivity contribution in [2.75, 3.05) is 72.3 Å². The third-order valence-corrected chi connectivity index (χ3v) is 10.6. The van der Waals surface area contributed by atoms with Gasteiger partial charge in [0, 0.05) is 74.7 Å². The Morgan fingerprint density at radius 1 is 0.419 bits per heavy atom. The molecule has 0 unspecified atom stereocenters. The zero-order valence-electron chi connectivity index (χ0n) is 35.4. The van der Waals surface area contributed by atoms with Crippen LogP contribution in [0.2, 0.25) is 0 Å². The van der Waals surface area contributed by atoms with Gasteiger partial charge in [0.15, 0.2) is 23.1 Å². The number of benzene rings is 4. The summed E-state index contributed by atoms with van der Waals surface area (Å²) in [5.41, 5.74) is 2.35. The molecule has 16 nitrogen and oxygen atoms in total. The van der Waals surface area contributed by atoms with Gasteiger partial charge >= 0.3 is 0 Å². The maximum atomic E-state index is 14.8. The number of hydrogen-bond acceptors (Lipinski definition) is 16. The monoisotopic (exact) mass is 830 g/mol. The Hall–Kier alpha value is -7.62. The van der Waals surface area contributed by atoms with Crippen LogP contribution in [0.4, 0.5) is 47.1 Å². The number of carbonyl (C=O) groups excluding carboxylic acids is 4. The molecular weight excluding hydrogens is 785 g/mol. The van der Waals surface area contributed by atoms with Gasteiger partial charge < -0.3 is 31.1 Å². The molecule has 0 saturated carbocycles. The van der Waals surface area contributed by atoms with Crippen molar-refractivity contribution in [1.82, 2.24) is 29.9 Å². The number of nitrogens with zero attached hydrogens (tertiary/aromatic N) is 8. The van der Waals surface area contributed by atoms with E-state index in [2.05, 4.69) is 65.0 Å². The molecule has 2 aromatic heterocycles. The highest BCUT2D eigenvalue weighted by atomic mass is 16.1. The zero-order chi connectivity index (χ0) is 43.7. The summed E-state index contributed by atoms with van der Waals surface area (Å²) in [6.45, 7) is 5.47. The van der Waals surface area contributed by atoms with Crippen LogP contribution in [0.1, 0.15) is 103 Å². The number of ketones is 4. The van der Waals surface area contributed by atoms with Crippen LogP contribution in [-0.2, 0) is 0 Å². The summed E-state index contributed by atoms with van der Waals surface area (Å²) < 4.78 is 0. The number of anilines is 8. The van der Waals surface area contributed by atoms with E-state index in [0.717, 1.165) is 25.7 Å². The van der Waals surface area contributed by atoms with Crippen molar-refractivity contribution in [3.8, 4) is 11.1 Å². The summed E-state index contributed by atoms with van der Waals surface area (Å²) in [5, 5.41) is 12.9. The van der Waals surface area contributed by atoms with Crippen LogP contribution in [0.5, 0.6) is 0 Å². The van der Waals surface area contributed by atoms with Crippen molar-refractivity contribution in [2.45, 2.75) is 39.5 Å². The van der Waals surface area contributed by atoms with Crippen molar-refractivity contribution >= 4 is 70.2 Å². The van der Waals surface area contributed by atoms with Crippen molar-refractivity contribution < 1.29 is 19.2 Å². The van der Waals surface area contributed by atoms with Crippen molar-refractivity contribution in [1.29, 1.82) is 0 Å². The molecule has 0 atom stereocenters. The molecule has 4 N–H and O–H groups in total. The number of aromatic nitrogens is 6. The fourth-order valence-corrected chi connectivity index (χ4v) is 7.50. The smallest absolute Gasteiger partial charge is 0.233 e. The van der Waals surface area contributed by atoms with E-state index in [-0.39, 0.29) is 67.8 Å². The molecule has 62 heavy (non-hydrogen) atoms. The van der Waals surface area contributed by atoms with E-state index in [1.54, 1.807) is 82.6 Å². The van der Waals surface area contributed by atoms with Gasteiger partial charge in [-0.15, -0.1) is 0 Å². The molecule has 8 rings (SSSR count). The van der Waals surface area contributed by atoms with Crippen LogP contribution in [0.15, 0.2) is 72.8 Å². The van der Waals surface area contributed by atoms with E-state index in [4.69, 9.17) is 0 Å². The molecule has 0 spiro atoms. The summed E-state index contributed by atoms with van der Waals surface area (Å²) in [5.74, 6) is 0.108. The molecule has 0 fully saturated rings. The second-order valence-electron chi connectivity index (χ2n) is 15.4. The summed E-state index contributed by atoms with van der Waals surface area (Å²) in [6, 6.07) is 20.0. The predicted octanol–water partition coefficient (Wildman–Crippen LogP) is 7.32. The molecule has 0 bridgehead atoms. The molecule has 0 aliphatic heterocycles. The van der Waals surface area contributed by atoms with Gasteiger partial charge in [-0.3, -0.25) is 19.2 Å². The average Bonchev–Trinajstić information content (AvgIpc) is 3.27. The lowest BCUT2D eigenvalue weighted by atomic mass is 9.75. The molecule has 4 aromatic carbocycles. The number of unbranched alkanes of at least 4 members (excludes halogenated alkanes) is 2. The van der Waals surface area contributed by atoms with Crippen molar-refractivity contribution in [2.24, 2.45) is 0 Å². The van der Waals surface area contributed by atoms with E-state index in [1.807, 2.05) is 28.2 Å². The van der Waals surface area contributed by atoms with Crippen LogP contribution in [0.25, 0.3) is 11.1 Å². The number of carbonyl (C=O) groups is 4. The summed E-state index contributed by atoms with van der Waals surface area (Å²) in [6.07, 6.45) is 3.76. The molecule has 314 valence electrons. The van der Waals surface area contributed by atoms with E-state index in [0.29, 0.717) is 48.0 Å². The highest BCUT2D eigenvalue weighted by Gasteiger charge is 2.38. The van der Waals surface area contributed by atoms with E-state index in [1.165, 1.54) is 0 Å². The Kier molecular flexibility index (Phi) is 11.4. The lowest BCUT2D eigenvalue weighted by Gasteiger charge is -2.27. The molecule has 6 aromatic rings. The molecule has 16 heteroatoms. The Labute approximate surface area is 358 Å². The fourth-order valence-electron chi connectivity index (χ4n) is 7.50. The summed E-state index contributed by atoms with van der Waals surface area (Å²) in [4.78, 5) is 89.8. The number of rotatable bonds is 15. The molecular formula is C46H46N12O4. The van der Waals surface area contributed by atoms with Gasteiger partial charge in [0.2, 0.25) is 35.7 Å². The molecule has 0 amide bonds. The lowest BCUT2D eigenvalue weighted by molar-refractivity contribution is 0.0978. The SMILES string of the molecule is CCCCNc1nc(Nc2ccc(-c3ccc(Nc4nc(NCCCC)nc(N(C)C)n4)c4c3C(=O)c3ccccc3C4=O)c3c2C(=O)c2ccccc2C3=O)nc(N(C)C)n1. The van der Waals surface area contributed by atoms with Crippen LogP contribution in [0.3, 0.4) is 0 Å². The van der Waals surface area contributed by atoms with Gasteiger partial charge in [0.05, 0.1) is 22.5 Å². The Morgan fingerprint density at radius 2 is 0.758 bits per heavy atom. The highest BCUT2D eigenvalue weighted by Crippen LogP contribution is 2.44. The van der Waals surface area contributed by atoms with Crippen LogP contribution in [0, 0.1) is 0 Å². The van der Waals surface area contributed by atoms with Gasteiger partial charge in [-0.05, 0) is 36.1 Å². The van der Waals surface area contributed by atoms with Gasteiger partial charge in [0.1, 0.15) is 0 Å². The number of nitrogens with one attached hydrogen (secondary N) is 4. The minimum atomic E-state index is -0.421.